The summed E-state index contributed by atoms with van der Waals surface area (Å²) in [5.74, 6) is 0.850. The van der Waals surface area contributed by atoms with Crippen LogP contribution >= 0.6 is 51.3 Å². The van der Waals surface area contributed by atoms with E-state index in [4.69, 9.17) is 41.2 Å². The Bertz CT molecular complexity index is 999. The van der Waals surface area contributed by atoms with Crippen LogP contribution in [-0.2, 0) is 6.54 Å². The van der Waals surface area contributed by atoms with Gasteiger partial charge in [-0.15, -0.1) is 0 Å². The van der Waals surface area contributed by atoms with Crippen LogP contribution in [0.4, 0.5) is 17.2 Å². The van der Waals surface area contributed by atoms with Crippen LogP contribution in [0.3, 0.4) is 0 Å². The Hall–Kier alpha value is -2.06. The smallest absolute Gasteiger partial charge is 0.170 e. The van der Waals surface area contributed by atoms with Crippen molar-refractivity contribution in [1.29, 1.82) is 0 Å². The van der Waals surface area contributed by atoms with Gasteiger partial charge >= 0.3 is 0 Å². The van der Waals surface area contributed by atoms with Crippen molar-refractivity contribution in [3.05, 3.63) is 80.9 Å². The maximum atomic E-state index is 6.18. The van der Waals surface area contributed by atoms with Crippen LogP contribution in [0.2, 0.25) is 10.0 Å². The van der Waals surface area contributed by atoms with Gasteiger partial charge in [-0.2, -0.15) is 0 Å². The predicted molar refractivity (Wildman–Crippen MR) is 135 cm³/mol. The number of nitrogens with one attached hydrogen (secondary N) is 2. The van der Waals surface area contributed by atoms with Crippen LogP contribution in [0.25, 0.3) is 0 Å². The first-order chi connectivity index (χ1) is 14.4. The lowest BCUT2D eigenvalue weighted by Crippen LogP contribution is -2.37. The molecule has 4 N–H and O–H groups in total. The van der Waals surface area contributed by atoms with E-state index in [1.807, 2.05) is 48.5 Å². The molecule has 1 aromatic heterocycles. The van der Waals surface area contributed by atoms with Gasteiger partial charge < -0.3 is 21.3 Å². The zero-order valence-electron chi connectivity index (χ0n) is 15.9. The number of nitrogens with two attached hydrogens (primary N) is 1. The van der Waals surface area contributed by atoms with E-state index >= 15 is 0 Å². The third kappa shape index (κ3) is 6.74. The number of hydrogen-bond donors (Lipinski definition) is 3. The van der Waals surface area contributed by atoms with E-state index in [0.29, 0.717) is 40.5 Å². The molecule has 30 heavy (non-hydrogen) atoms. The number of pyridine rings is 1. The van der Waals surface area contributed by atoms with Crippen LogP contribution in [0, 0.1) is 0 Å². The molecule has 0 saturated carbocycles. The SMILES string of the molecule is Nc1ccc(NC(=S)NCCN(Cc2ccc(Cl)c(Cl)c2)c2ccc(Br)cn2)cc1. The molecule has 0 amide bonds. The summed E-state index contributed by atoms with van der Waals surface area (Å²) >= 11 is 21.0. The average molecular weight is 525 g/mol. The van der Waals surface area contributed by atoms with Crippen molar-refractivity contribution in [1.82, 2.24) is 10.3 Å². The quantitative estimate of drug-likeness (QED) is 0.271. The van der Waals surface area contributed by atoms with Crippen molar-refractivity contribution < 1.29 is 0 Å². The minimum atomic E-state index is 0.532. The topological polar surface area (TPSA) is 66.2 Å². The van der Waals surface area contributed by atoms with Gasteiger partial charge in [-0.1, -0.05) is 29.3 Å². The maximum absolute atomic E-state index is 6.18. The number of nitrogens with zero attached hydrogens (tertiary/aromatic N) is 2. The molecule has 0 atom stereocenters. The zero-order chi connectivity index (χ0) is 21.5. The summed E-state index contributed by atoms with van der Waals surface area (Å²) in [6.07, 6.45) is 1.78. The van der Waals surface area contributed by atoms with Crippen molar-refractivity contribution in [2.24, 2.45) is 0 Å². The van der Waals surface area contributed by atoms with Gasteiger partial charge in [0, 0.05) is 41.7 Å². The van der Waals surface area contributed by atoms with Gasteiger partial charge in [-0.25, -0.2) is 4.98 Å². The lowest BCUT2D eigenvalue weighted by molar-refractivity contribution is 0.747. The van der Waals surface area contributed by atoms with E-state index in [9.17, 15) is 0 Å². The molecular weight excluding hydrogens is 505 g/mol. The van der Waals surface area contributed by atoms with Crippen LogP contribution in [-0.4, -0.2) is 23.2 Å². The number of aromatic nitrogens is 1. The molecule has 3 rings (SSSR count). The van der Waals surface area contributed by atoms with E-state index in [-0.39, 0.29) is 0 Å². The number of benzene rings is 2. The van der Waals surface area contributed by atoms with Crippen molar-refractivity contribution in [3.8, 4) is 0 Å². The Morgan fingerprint density at radius 2 is 1.83 bits per heavy atom. The Morgan fingerprint density at radius 3 is 2.50 bits per heavy atom. The molecule has 156 valence electrons. The summed E-state index contributed by atoms with van der Waals surface area (Å²) in [7, 11) is 0. The fraction of sp³-hybridized carbons (Fsp3) is 0.143. The van der Waals surface area contributed by atoms with Gasteiger partial charge in [0.05, 0.1) is 10.0 Å². The highest BCUT2D eigenvalue weighted by molar-refractivity contribution is 9.10. The lowest BCUT2D eigenvalue weighted by Gasteiger charge is -2.24. The first kappa shape index (κ1) is 22.6. The van der Waals surface area contributed by atoms with Gasteiger partial charge in [-0.05, 0) is 82.2 Å². The van der Waals surface area contributed by atoms with Gasteiger partial charge in [0.25, 0.3) is 0 Å². The van der Waals surface area contributed by atoms with Crippen molar-refractivity contribution in [3.63, 3.8) is 0 Å². The van der Waals surface area contributed by atoms with Crippen LogP contribution < -0.4 is 21.3 Å². The van der Waals surface area contributed by atoms with E-state index in [2.05, 4.69) is 36.4 Å². The molecule has 5 nitrogen and oxygen atoms in total. The zero-order valence-corrected chi connectivity index (χ0v) is 19.8. The first-order valence-electron chi connectivity index (χ1n) is 9.11. The summed E-state index contributed by atoms with van der Waals surface area (Å²) in [5.41, 5.74) is 8.34. The average Bonchev–Trinajstić information content (AvgIpc) is 2.72. The molecule has 0 radical (unpaired) electrons. The fourth-order valence-electron chi connectivity index (χ4n) is 2.73. The Balaban J connectivity index is 1.63. The van der Waals surface area contributed by atoms with E-state index in [1.165, 1.54) is 0 Å². The van der Waals surface area contributed by atoms with E-state index < -0.39 is 0 Å². The van der Waals surface area contributed by atoms with Crippen LogP contribution in [0.1, 0.15) is 5.56 Å². The molecule has 0 aliphatic heterocycles. The Kier molecular flexibility index (Phi) is 8.16. The monoisotopic (exact) mass is 523 g/mol. The molecule has 0 aliphatic rings. The minimum absolute atomic E-state index is 0.532. The number of halogens is 3. The fourth-order valence-corrected chi connectivity index (χ4v) is 3.51. The Morgan fingerprint density at radius 1 is 1.07 bits per heavy atom. The van der Waals surface area contributed by atoms with E-state index in [1.54, 1.807) is 12.3 Å². The molecule has 0 spiro atoms. The second-order valence-electron chi connectivity index (χ2n) is 6.51. The number of nitrogen functional groups attached to an aromatic ring is 1. The minimum Gasteiger partial charge on any atom is -0.399 e. The molecule has 0 saturated heterocycles. The second-order valence-corrected chi connectivity index (χ2v) is 8.65. The van der Waals surface area contributed by atoms with Gasteiger partial charge in [-0.3, -0.25) is 0 Å². The van der Waals surface area contributed by atoms with Crippen molar-refractivity contribution >= 4 is 73.7 Å². The molecule has 2 aromatic carbocycles. The maximum Gasteiger partial charge on any atom is 0.170 e. The number of rotatable bonds is 7. The summed E-state index contributed by atoms with van der Waals surface area (Å²) in [5, 5.41) is 7.98. The highest BCUT2D eigenvalue weighted by atomic mass is 79.9. The van der Waals surface area contributed by atoms with Crippen LogP contribution in [0.5, 0.6) is 0 Å². The van der Waals surface area contributed by atoms with Gasteiger partial charge in [0.15, 0.2) is 5.11 Å². The number of thiocarbonyl (C=S) groups is 1. The number of hydrogen-bond acceptors (Lipinski definition) is 4. The number of anilines is 3. The highest BCUT2D eigenvalue weighted by Gasteiger charge is 2.11. The largest absolute Gasteiger partial charge is 0.399 e. The Labute approximate surface area is 199 Å². The summed E-state index contributed by atoms with van der Waals surface area (Å²) < 4.78 is 0.924. The van der Waals surface area contributed by atoms with Gasteiger partial charge in [0.2, 0.25) is 0 Å². The van der Waals surface area contributed by atoms with Gasteiger partial charge in [0.1, 0.15) is 5.82 Å². The normalized spacial score (nSPS) is 10.5. The molecular formula is C21H20BrCl2N5S. The standard InChI is InChI=1S/C21H20BrCl2N5S/c22-15-2-8-20(27-12-15)29(13-14-1-7-18(23)19(24)11-14)10-9-26-21(30)28-17-5-3-16(25)4-6-17/h1-8,11-12H,9-10,13,25H2,(H2,26,28,30). The molecule has 1 heterocycles. The highest BCUT2D eigenvalue weighted by Crippen LogP contribution is 2.24. The lowest BCUT2D eigenvalue weighted by atomic mass is 10.2. The first-order valence-corrected chi connectivity index (χ1v) is 11.1. The molecule has 0 bridgehead atoms. The molecule has 0 fully saturated rings. The third-order valence-corrected chi connectivity index (χ3v) is 5.68. The van der Waals surface area contributed by atoms with Crippen molar-refractivity contribution in [2.75, 3.05) is 29.0 Å². The van der Waals surface area contributed by atoms with Crippen LogP contribution in [0.15, 0.2) is 65.3 Å². The van der Waals surface area contributed by atoms with Crippen molar-refractivity contribution in [2.45, 2.75) is 6.54 Å². The summed E-state index contributed by atoms with van der Waals surface area (Å²) in [6.45, 7) is 1.93. The second kappa shape index (κ2) is 10.8. The molecule has 0 aliphatic carbocycles. The third-order valence-electron chi connectivity index (χ3n) is 4.23. The molecule has 3 aromatic rings. The summed E-state index contributed by atoms with van der Waals surface area (Å²) in [6, 6.07) is 17.0. The van der Waals surface area contributed by atoms with E-state index in [0.717, 1.165) is 21.5 Å². The molecule has 0 unspecified atom stereocenters. The summed E-state index contributed by atoms with van der Waals surface area (Å²) in [4.78, 5) is 6.66. The molecule has 9 heteroatoms. The predicted octanol–water partition coefficient (Wildman–Crippen LogP) is 5.73.